The third-order valence-corrected chi connectivity index (χ3v) is 12.1. The number of esters is 2. The molecule has 0 saturated carbocycles. The van der Waals surface area contributed by atoms with Crippen LogP contribution < -0.4 is 5.73 Å². The number of phosphoric acid groups is 1. The summed E-state index contributed by atoms with van der Waals surface area (Å²) < 4.78 is 33.0. The third-order valence-electron chi connectivity index (χ3n) is 11.1. The second-order valence-corrected chi connectivity index (χ2v) is 19.5. The van der Waals surface area contributed by atoms with Crippen LogP contribution in [0.3, 0.4) is 0 Å². The van der Waals surface area contributed by atoms with Crippen molar-refractivity contribution in [1.29, 1.82) is 0 Å². The van der Waals surface area contributed by atoms with Gasteiger partial charge in [-0.2, -0.15) is 0 Å². The fourth-order valence-electron chi connectivity index (χ4n) is 6.95. The molecule has 0 aliphatic heterocycles. The smallest absolute Gasteiger partial charge is 0.462 e. The lowest BCUT2D eigenvalue weighted by Gasteiger charge is -2.19. The summed E-state index contributed by atoms with van der Waals surface area (Å²) in [6.45, 7) is 3.42. The van der Waals surface area contributed by atoms with E-state index >= 15 is 0 Å². The van der Waals surface area contributed by atoms with Crippen molar-refractivity contribution in [2.24, 2.45) is 5.73 Å². The standard InChI is InChI=1S/C65H102NO8P/c1-3-5-7-9-11-13-15-17-19-21-23-25-26-27-28-29-30-31-32-33-34-35-36-38-40-42-44-46-48-50-52-54-56-58-65(68)74-63(62-73-75(69,70)72-60-59-66)61-71-64(67)57-55-53-51-49-47-45-43-41-39-37-24-22-20-18-16-14-12-10-8-6-4-2/h5-8,11-14,17-20,23-25,27-28,30-31,33-34,36-38,41,43,47,49,63H,3-4,9-10,15-16,21-22,26,29,32,35,39-40,42,44-46,48,50-62,66H2,1-2H3,(H,69,70)/b7-5-,8-6-,13-11-,14-12-,19-17-,20-18-,25-23-,28-27-,31-30-,34-33-,37-24-,38-36-,43-41-,49-47-. The van der Waals surface area contributed by atoms with Crippen LogP contribution in [-0.4, -0.2) is 49.3 Å². The fraction of sp³-hybridized carbons (Fsp3) is 0.538. The van der Waals surface area contributed by atoms with Crippen molar-refractivity contribution in [3.8, 4) is 0 Å². The molecule has 9 nitrogen and oxygen atoms in total. The molecule has 0 aromatic heterocycles. The Kier molecular flexibility index (Phi) is 55.0. The number of ether oxygens (including phenoxy) is 2. The molecule has 2 atom stereocenters. The minimum Gasteiger partial charge on any atom is -0.462 e. The number of carbonyl (C=O) groups is 2. The second-order valence-electron chi connectivity index (χ2n) is 18.0. The molecule has 0 radical (unpaired) electrons. The van der Waals surface area contributed by atoms with Crippen molar-refractivity contribution in [1.82, 2.24) is 0 Å². The Labute approximate surface area is 457 Å². The van der Waals surface area contributed by atoms with E-state index in [1.54, 1.807) is 0 Å². The normalized spacial score (nSPS) is 14.3. The first kappa shape index (κ1) is 70.4. The summed E-state index contributed by atoms with van der Waals surface area (Å²) in [6.07, 6.45) is 86.9. The predicted molar refractivity (Wildman–Crippen MR) is 320 cm³/mol. The Morgan fingerprint density at radius 2 is 0.693 bits per heavy atom. The van der Waals surface area contributed by atoms with Crippen LogP contribution in [0.4, 0.5) is 0 Å². The van der Waals surface area contributed by atoms with Crippen molar-refractivity contribution >= 4 is 19.8 Å². The van der Waals surface area contributed by atoms with Gasteiger partial charge in [0.1, 0.15) is 6.61 Å². The Morgan fingerprint density at radius 3 is 1.05 bits per heavy atom. The zero-order valence-electron chi connectivity index (χ0n) is 46.7. The van der Waals surface area contributed by atoms with E-state index in [0.29, 0.717) is 12.8 Å². The summed E-state index contributed by atoms with van der Waals surface area (Å²) in [5.41, 5.74) is 5.37. The molecule has 0 bridgehead atoms. The molecule has 3 N–H and O–H groups in total. The number of hydrogen-bond donors (Lipinski definition) is 2. The van der Waals surface area contributed by atoms with Crippen LogP contribution in [0.25, 0.3) is 0 Å². The van der Waals surface area contributed by atoms with Gasteiger partial charge in [-0.3, -0.25) is 18.6 Å². The van der Waals surface area contributed by atoms with Crippen molar-refractivity contribution in [3.63, 3.8) is 0 Å². The molecule has 0 aliphatic rings. The van der Waals surface area contributed by atoms with Gasteiger partial charge < -0.3 is 20.1 Å². The van der Waals surface area contributed by atoms with Gasteiger partial charge in [-0.1, -0.05) is 223 Å². The zero-order valence-corrected chi connectivity index (χ0v) is 47.6. The summed E-state index contributed by atoms with van der Waals surface area (Å²) in [6, 6.07) is 0. The van der Waals surface area contributed by atoms with Gasteiger partial charge in [0.05, 0.1) is 13.2 Å². The van der Waals surface area contributed by atoms with E-state index in [1.807, 2.05) is 0 Å². The van der Waals surface area contributed by atoms with Crippen molar-refractivity contribution in [2.45, 2.75) is 200 Å². The molecule has 0 aromatic carbocycles. The number of rotatable bonds is 51. The quantitative estimate of drug-likeness (QED) is 0.0264. The van der Waals surface area contributed by atoms with Crippen molar-refractivity contribution in [3.05, 3.63) is 170 Å². The van der Waals surface area contributed by atoms with Gasteiger partial charge in [-0.25, -0.2) is 4.57 Å². The van der Waals surface area contributed by atoms with E-state index in [0.717, 1.165) is 128 Å². The molecule has 75 heavy (non-hydrogen) atoms. The highest BCUT2D eigenvalue weighted by atomic mass is 31.2. The average molecular weight is 1060 g/mol. The maximum absolute atomic E-state index is 12.7. The molecular formula is C65H102NO8P. The predicted octanol–water partition coefficient (Wildman–Crippen LogP) is 18.3. The summed E-state index contributed by atoms with van der Waals surface area (Å²) in [5.74, 6) is -0.904. The highest BCUT2D eigenvalue weighted by Gasteiger charge is 2.26. The van der Waals surface area contributed by atoms with Gasteiger partial charge in [-0.15, -0.1) is 0 Å². The number of allylic oxidation sites excluding steroid dienone is 28. The first-order chi connectivity index (χ1) is 36.8. The summed E-state index contributed by atoms with van der Waals surface area (Å²) in [5, 5.41) is 0. The fourth-order valence-corrected chi connectivity index (χ4v) is 7.71. The van der Waals surface area contributed by atoms with Gasteiger partial charge >= 0.3 is 19.8 Å². The lowest BCUT2D eigenvalue weighted by molar-refractivity contribution is -0.161. The number of phosphoric ester groups is 1. The van der Waals surface area contributed by atoms with Crippen LogP contribution in [0, 0.1) is 0 Å². The van der Waals surface area contributed by atoms with Crippen molar-refractivity contribution < 1.29 is 37.6 Å². The molecule has 2 unspecified atom stereocenters. The SMILES string of the molecule is CC/C=C\C/C=C\C/C=C\C/C=C\C/C=C\C/C=C\C/C=C\C/C=C\CCCCCCCCCCC(=O)OC(COC(=O)CCCC/C=C\C/C=C\C/C=C\C/C=C\C/C=C\C/C=C\CC)COP(=O)(O)OCCN. The minimum absolute atomic E-state index is 0.0356. The van der Waals surface area contributed by atoms with Crippen LogP contribution in [0.1, 0.15) is 194 Å². The van der Waals surface area contributed by atoms with Crippen molar-refractivity contribution in [2.75, 3.05) is 26.4 Å². The Hall–Kier alpha value is -4.63. The van der Waals surface area contributed by atoms with Crippen LogP contribution in [0.2, 0.25) is 0 Å². The highest BCUT2D eigenvalue weighted by Crippen LogP contribution is 2.43. The molecule has 0 rings (SSSR count). The molecule has 0 aliphatic carbocycles. The molecule has 0 saturated heterocycles. The molecular weight excluding hydrogens is 954 g/mol. The number of carbonyl (C=O) groups excluding carboxylic acids is 2. The minimum atomic E-state index is -4.41. The lowest BCUT2D eigenvalue weighted by Crippen LogP contribution is -2.29. The van der Waals surface area contributed by atoms with Gasteiger partial charge in [-0.05, 0) is 128 Å². The monoisotopic (exact) mass is 1060 g/mol. The molecule has 0 aromatic rings. The van der Waals surface area contributed by atoms with E-state index < -0.39 is 32.5 Å². The maximum Gasteiger partial charge on any atom is 0.472 e. The third kappa shape index (κ3) is 58.5. The summed E-state index contributed by atoms with van der Waals surface area (Å²) in [4.78, 5) is 35.2. The molecule has 420 valence electrons. The molecule has 0 spiro atoms. The van der Waals surface area contributed by atoms with Gasteiger partial charge in [0.25, 0.3) is 0 Å². The lowest BCUT2D eigenvalue weighted by atomic mass is 10.1. The molecule has 10 heteroatoms. The Balaban J connectivity index is 4.13. The topological polar surface area (TPSA) is 134 Å². The van der Waals surface area contributed by atoms with Crippen LogP contribution in [0.15, 0.2) is 170 Å². The second kappa shape index (κ2) is 58.6. The van der Waals surface area contributed by atoms with Gasteiger partial charge in [0.15, 0.2) is 6.10 Å². The van der Waals surface area contributed by atoms with Crippen LogP contribution >= 0.6 is 7.82 Å². The van der Waals surface area contributed by atoms with E-state index in [4.69, 9.17) is 24.3 Å². The largest absolute Gasteiger partial charge is 0.472 e. The first-order valence-corrected chi connectivity index (χ1v) is 30.1. The van der Waals surface area contributed by atoms with E-state index in [9.17, 15) is 19.0 Å². The molecule has 0 amide bonds. The summed E-state index contributed by atoms with van der Waals surface area (Å²) in [7, 11) is -4.41. The maximum atomic E-state index is 12.7. The van der Waals surface area contributed by atoms with Crippen LogP contribution in [0.5, 0.6) is 0 Å². The van der Waals surface area contributed by atoms with Gasteiger partial charge in [0.2, 0.25) is 0 Å². The Morgan fingerprint density at radius 1 is 0.400 bits per heavy atom. The molecule has 0 heterocycles. The Bertz CT molecular complexity index is 1820. The van der Waals surface area contributed by atoms with E-state index in [2.05, 4.69) is 184 Å². The number of unbranched alkanes of at least 4 members (excludes halogenated alkanes) is 10. The zero-order chi connectivity index (χ0) is 54.5. The highest BCUT2D eigenvalue weighted by molar-refractivity contribution is 7.47. The van der Waals surface area contributed by atoms with E-state index in [-0.39, 0.29) is 32.6 Å². The van der Waals surface area contributed by atoms with Gasteiger partial charge in [0, 0.05) is 19.4 Å². The number of nitrogens with two attached hydrogens (primary N) is 1. The van der Waals surface area contributed by atoms with E-state index in [1.165, 1.54) is 25.7 Å². The average Bonchev–Trinajstić information content (AvgIpc) is 3.40. The van der Waals surface area contributed by atoms with Crippen LogP contribution in [-0.2, 0) is 32.7 Å². The summed E-state index contributed by atoms with van der Waals surface area (Å²) >= 11 is 0. The number of hydrogen-bond acceptors (Lipinski definition) is 8. The first-order valence-electron chi connectivity index (χ1n) is 28.6. The molecule has 0 fully saturated rings.